The lowest BCUT2D eigenvalue weighted by Gasteiger charge is -2.46. The van der Waals surface area contributed by atoms with Crippen LogP contribution in [0.25, 0.3) is 5.57 Å². The number of fused-ring (bicyclic) bond motifs is 2. The van der Waals surface area contributed by atoms with E-state index in [1.54, 1.807) is 20.8 Å². The summed E-state index contributed by atoms with van der Waals surface area (Å²) in [7, 11) is -3.34. The molecule has 1 aliphatic heterocycles. The normalized spacial score (nSPS) is 17.3. The van der Waals surface area contributed by atoms with Crippen LogP contribution in [-0.2, 0) is 15.6 Å². The molecule has 0 saturated heterocycles. The van der Waals surface area contributed by atoms with Gasteiger partial charge in [0.05, 0.1) is 32.4 Å². The fourth-order valence-electron chi connectivity index (χ4n) is 8.75. The van der Waals surface area contributed by atoms with Crippen molar-refractivity contribution in [2.45, 2.75) is 96.4 Å². The van der Waals surface area contributed by atoms with E-state index in [0.717, 1.165) is 39.2 Å². The quantitative estimate of drug-likeness (QED) is 0.0881. The summed E-state index contributed by atoms with van der Waals surface area (Å²) in [4.78, 5) is 15.6. The summed E-state index contributed by atoms with van der Waals surface area (Å²) in [5, 5.41) is 1.19. The highest BCUT2D eigenvalue weighted by atomic mass is 28.4. The number of halogens is 5. The predicted molar refractivity (Wildman–Crippen MR) is 229 cm³/mol. The molecule has 2 aliphatic rings. The SMILES string of the molecule is C[C@@H]1CC2=C(Cc3ccccc32)[C@@H](c2c(F)cc(OCCN(CCCF)C(=O)OC(C)(C)C)cc2F)N1CC(F)(F)CO[Si](c1ccccc1)(c1ccccc1)C(C)(C)C. The molecule has 60 heavy (non-hydrogen) atoms. The molecule has 1 aliphatic carbocycles. The molecule has 0 fully saturated rings. The molecule has 0 bridgehead atoms. The van der Waals surface area contributed by atoms with Gasteiger partial charge in [0.25, 0.3) is 14.2 Å². The van der Waals surface area contributed by atoms with Gasteiger partial charge in [-0.1, -0.05) is 106 Å². The van der Waals surface area contributed by atoms with Gasteiger partial charge in [0, 0.05) is 30.3 Å². The first-order valence-electron chi connectivity index (χ1n) is 20.7. The van der Waals surface area contributed by atoms with Gasteiger partial charge in [0.1, 0.15) is 29.6 Å². The number of nitrogens with zero attached hydrogens (tertiary/aromatic N) is 2. The first kappa shape index (κ1) is 45.0. The maximum absolute atomic E-state index is 16.9. The Balaban J connectivity index is 1.31. The first-order chi connectivity index (χ1) is 28.3. The molecule has 1 amide bonds. The molecular weight excluding hydrogens is 792 g/mol. The molecule has 0 unspecified atom stereocenters. The average Bonchev–Trinajstić information content (AvgIpc) is 3.54. The van der Waals surface area contributed by atoms with Crippen LogP contribution >= 0.6 is 0 Å². The summed E-state index contributed by atoms with van der Waals surface area (Å²) in [6.07, 6.45) is 0.212. The van der Waals surface area contributed by atoms with E-state index >= 15 is 17.6 Å². The lowest BCUT2D eigenvalue weighted by Crippen LogP contribution is -2.67. The van der Waals surface area contributed by atoms with E-state index in [2.05, 4.69) is 0 Å². The molecule has 0 N–H and O–H groups in total. The monoisotopic (exact) mass is 848 g/mol. The highest BCUT2D eigenvalue weighted by molar-refractivity contribution is 6.99. The summed E-state index contributed by atoms with van der Waals surface area (Å²) in [5.41, 5.74) is 2.43. The van der Waals surface area contributed by atoms with Crippen molar-refractivity contribution in [3.05, 3.63) is 131 Å². The number of ether oxygens (including phenoxy) is 2. The number of benzene rings is 4. The minimum atomic E-state index is -3.43. The summed E-state index contributed by atoms with van der Waals surface area (Å²) >= 11 is 0. The number of alkyl halides is 3. The molecule has 0 aromatic heterocycles. The molecule has 0 saturated carbocycles. The minimum Gasteiger partial charge on any atom is -0.492 e. The number of carbonyl (C=O) groups excluding carboxylic acids is 1. The minimum absolute atomic E-state index is 0.0205. The topological polar surface area (TPSA) is 51.2 Å². The van der Waals surface area contributed by atoms with Crippen molar-refractivity contribution in [1.29, 1.82) is 0 Å². The summed E-state index contributed by atoms with van der Waals surface area (Å²) in [5.74, 6) is -5.44. The van der Waals surface area contributed by atoms with Gasteiger partial charge in [0.15, 0.2) is 0 Å². The van der Waals surface area contributed by atoms with Crippen LogP contribution in [0.4, 0.5) is 26.7 Å². The molecule has 4 aromatic carbocycles. The van der Waals surface area contributed by atoms with Crippen molar-refractivity contribution in [2.75, 3.05) is 39.5 Å². The van der Waals surface area contributed by atoms with E-state index < -0.39 is 74.5 Å². The third kappa shape index (κ3) is 9.82. The van der Waals surface area contributed by atoms with E-state index in [1.165, 1.54) is 9.80 Å². The van der Waals surface area contributed by atoms with Gasteiger partial charge < -0.3 is 18.8 Å². The highest BCUT2D eigenvalue weighted by Gasteiger charge is 2.53. The average molecular weight is 849 g/mol. The standard InChI is InChI=1S/C48H57F5N2O4Si/c1-33-27-39-38-22-15-14-17-34(38)28-40(39)44(43-41(50)29-35(30-42(43)51)57-26-25-54(24-16-23-49)45(56)59-46(2,3)4)55(33)31-48(52,53)32-58-60(47(5,6)7,36-18-10-8-11-19-36)37-20-12-9-13-21-37/h8-15,17-22,29-30,33,44H,16,23-28,31-32H2,1-7H3/t33-,44+/m1/s1. The van der Waals surface area contributed by atoms with Crippen molar-refractivity contribution < 1.29 is 40.6 Å². The Bertz CT molecular complexity index is 2080. The molecule has 0 spiro atoms. The van der Waals surface area contributed by atoms with Crippen LogP contribution in [0.1, 0.15) is 84.0 Å². The number of amides is 1. The van der Waals surface area contributed by atoms with Crippen LogP contribution in [0, 0.1) is 11.6 Å². The zero-order valence-corrected chi connectivity index (χ0v) is 36.7. The molecule has 4 aromatic rings. The van der Waals surface area contributed by atoms with Crippen molar-refractivity contribution in [3.63, 3.8) is 0 Å². The summed E-state index contributed by atoms with van der Waals surface area (Å²) in [6.45, 7) is 10.6. The van der Waals surface area contributed by atoms with Gasteiger partial charge >= 0.3 is 6.09 Å². The van der Waals surface area contributed by atoms with Crippen molar-refractivity contribution in [2.24, 2.45) is 0 Å². The summed E-state index contributed by atoms with van der Waals surface area (Å²) < 4.78 is 97.9. The molecule has 6 rings (SSSR count). The third-order valence-corrected chi connectivity index (χ3v) is 16.3. The molecular formula is C48H57F5N2O4Si. The van der Waals surface area contributed by atoms with Crippen LogP contribution in [-0.4, -0.2) is 81.3 Å². The molecule has 12 heteroatoms. The van der Waals surface area contributed by atoms with Crippen molar-refractivity contribution in [3.8, 4) is 5.75 Å². The maximum atomic E-state index is 16.9. The smallest absolute Gasteiger partial charge is 0.410 e. The Morgan fingerprint density at radius 2 is 1.43 bits per heavy atom. The Hall–Kier alpha value is -4.52. The fraction of sp³-hybridized carbons (Fsp3) is 0.438. The maximum Gasteiger partial charge on any atom is 0.410 e. The zero-order chi connectivity index (χ0) is 43.5. The zero-order valence-electron chi connectivity index (χ0n) is 35.7. The molecule has 0 radical (unpaired) electrons. The van der Waals surface area contributed by atoms with E-state index in [9.17, 15) is 9.18 Å². The number of rotatable bonds is 15. The van der Waals surface area contributed by atoms with Crippen molar-refractivity contribution >= 4 is 30.4 Å². The molecule has 1 heterocycles. The van der Waals surface area contributed by atoms with Crippen molar-refractivity contribution in [1.82, 2.24) is 9.80 Å². The lowest BCUT2D eigenvalue weighted by molar-refractivity contribution is -0.0818. The summed E-state index contributed by atoms with van der Waals surface area (Å²) in [6, 6.07) is 27.3. The predicted octanol–water partition coefficient (Wildman–Crippen LogP) is 10.3. The Morgan fingerprint density at radius 3 is 2.00 bits per heavy atom. The van der Waals surface area contributed by atoms with Crippen LogP contribution in [0.5, 0.6) is 5.75 Å². The van der Waals surface area contributed by atoms with Crippen LogP contribution in [0.15, 0.2) is 103 Å². The fourth-order valence-corrected chi connectivity index (χ4v) is 13.3. The van der Waals surface area contributed by atoms with E-state index in [4.69, 9.17) is 13.9 Å². The first-order valence-corrected chi connectivity index (χ1v) is 22.6. The van der Waals surface area contributed by atoms with Crippen LogP contribution in [0.3, 0.4) is 0 Å². The molecule has 6 nitrogen and oxygen atoms in total. The Kier molecular flexibility index (Phi) is 13.7. The second kappa shape index (κ2) is 18.2. The third-order valence-electron chi connectivity index (χ3n) is 11.3. The molecule has 322 valence electrons. The Labute approximate surface area is 352 Å². The van der Waals surface area contributed by atoms with Gasteiger partial charge in [-0.05, 0) is 84.6 Å². The van der Waals surface area contributed by atoms with Gasteiger partial charge in [-0.2, -0.15) is 0 Å². The lowest BCUT2D eigenvalue weighted by atomic mass is 9.84. The van der Waals surface area contributed by atoms with E-state index in [1.807, 2.05) is 113 Å². The van der Waals surface area contributed by atoms with Crippen LogP contribution in [0.2, 0.25) is 5.04 Å². The molecule has 2 atom stereocenters. The number of carbonyl (C=O) groups is 1. The second-order valence-electron chi connectivity index (χ2n) is 17.9. The number of hydrogen-bond donors (Lipinski definition) is 0. The van der Waals surface area contributed by atoms with E-state index in [-0.39, 0.29) is 37.4 Å². The van der Waals surface area contributed by atoms with Gasteiger partial charge in [-0.25, -0.2) is 22.4 Å². The van der Waals surface area contributed by atoms with Crippen LogP contribution < -0.4 is 15.1 Å². The second-order valence-corrected chi connectivity index (χ2v) is 22.2. The van der Waals surface area contributed by atoms with Gasteiger partial charge in [-0.3, -0.25) is 9.29 Å². The highest BCUT2D eigenvalue weighted by Crippen LogP contribution is 2.50. The Morgan fingerprint density at radius 1 is 0.850 bits per heavy atom. The van der Waals surface area contributed by atoms with Gasteiger partial charge in [-0.15, -0.1) is 0 Å². The van der Waals surface area contributed by atoms with Gasteiger partial charge in [0.2, 0.25) is 0 Å². The van der Waals surface area contributed by atoms with E-state index in [0.29, 0.717) is 18.4 Å². The largest absolute Gasteiger partial charge is 0.492 e. The number of hydrogen-bond acceptors (Lipinski definition) is 5.